The van der Waals surface area contributed by atoms with Crippen LogP contribution in [0.3, 0.4) is 0 Å². The van der Waals surface area contributed by atoms with E-state index in [0.717, 1.165) is 38.5 Å². The first-order valence-corrected chi connectivity index (χ1v) is 30.4. The van der Waals surface area contributed by atoms with Gasteiger partial charge in [0.2, 0.25) is 0 Å². The van der Waals surface area contributed by atoms with Crippen molar-refractivity contribution >= 4 is 35.6 Å². The Morgan fingerprint density at radius 3 is 0.571 bits per heavy atom. The quantitative estimate of drug-likeness (QED) is 0.0435. The molecule has 4 amide bonds. The van der Waals surface area contributed by atoms with Crippen LogP contribution in [0.25, 0.3) is 0 Å². The molecule has 0 aromatic rings. The van der Waals surface area contributed by atoms with Crippen LogP contribution in [0.1, 0.15) is 348 Å². The van der Waals surface area contributed by atoms with Crippen molar-refractivity contribution in [2.45, 2.75) is 348 Å². The van der Waals surface area contributed by atoms with E-state index in [1.54, 1.807) is 0 Å². The number of hydrogen-bond acceptors (Lipinski definition) is 8. The molecule has 0 spiro atoms. The van der Waals surface area contributed by atoms with Crippen molar-refractivity contribution in [2.75, 3.05) is 0 Å². The van der Waals surface area contributed by atoms with Crippen LogP contribution in [0.2, 0.25) is 0 Å². The molecule has 70 heavy (non-hydrogen) atoms. The van der Waals surface area contributed by atoms with Crippen molar-refractivity contribution in [1.29, 1.82) is 0 Å². The predicted molar refractivity (Wildman–Crippen MR) is 287 cm³/mol. The molecule has 2 aliphatic heterocycles. The van der Waals surface area contributed by atoms with Crippen molar-refractivity contribution in [3.8, 4) is 0 Å². The highest BCUT2D eigenvalue weighted by atomic mass is 16.7. The largest absolute Gasteiger partial charge is 0.333 e. The summed E-state index contributed by atoms with van der Waals surface area (Å²) in [5, 5.41) is 1.28. The second-order valence-corrected chi connectivity index (χ2v) is 21.1. The number of carbonyl (C=O) groups is 6. The molecule has 0 aromatic heterocycles. The molecule has 0 aliphatic carbocycles. The lowest BCUT2D eigenvalue weighted by molar-refractivity contribution is -0.197. The lowest BCUT2D eigenvalue weighted by Crippen LogP contribution is -2.31. The van der Waals surface area contributed by atoms with Crippen LogP contribution in [0.5, 0.6) is 0 Å². The van der Waals surface area contributed by atoms with Gasteiger partial charge >= 0.3 is 11.9 Å². The third-order valence-corrected chi connectivity index (χ3v) is 14.4. The first-order valence-electron chi connectivity index (χ1n) is 30.4. The van der Waals surface area contributed by atoms with Crippen LogP contribution in [-0.4, -0.2) is 45.7 Å². The summed E-state index contributed by atoms with van der Waals surface area (Å²) in [4.78, 5) is 78.9. The van der Waals surface area contributed by atoms with Gasteiger partial charge < -0.3 is 9.68 Å². The highest BCUT2D eigenvalue weighted by molar-refractivity contribution is 6.02. The Labute approximate surface area is 430 Å². The van der Waals surface area contributed by atoms with Gasteiger partial charge in [-0.05, 0) is 12.8 Å². The summed E-state index contributed by atoms with van der Waals surface area (Å²) in [6.45, 7) is 4.57. The number of carbonyl (C=O) groups excluding carboxylic acids is 6. The van der Waals surface area contributed by atoms with Crippen LogP contribution in [0.4, 0.5) is 0 Å². The topological polar surface area (TPSA) is 127 Å². The van der Waals surface area contributed by atoms with Gasteiger partial charge in [0.25, 0.3) is 23.6 Å². The number of unbranched alkanes of at least 4 members (excludes halogenated alkanes) is 44. The van der Waals surface area contributed by atoms with E-state index in [4.69, 9.17) is 9.68 Å². The van der Waals surface area contributed by atoms with Crippen LogP contribution >= 0.6 is 0 Å². The number of nitrogens with zero attached hydrogens (tertiary/aromatic N) is 2. The van der Waals surface area contributed by atoms with E-state index in [0.29, 0.717) is 10.1 Å². The summed E-state index contributed by atoms with van der Waals surface area (Å²) in [6.07, 6.45) is 62.8. The Balaban J connectivity index is 0.000000700. The maximum Gasteiger partial charge on any atom is 0.333 e. The Bertz CT molecular complexity index is 1160. The lowest BCUT2D eigenvalue weighted by atomic mass is 10.0. The fraction of sp³-hybridized carbons (Fsp3) is 0.900. The highest BCUT2D eigenvalue weighted by Crippen LogP contribution is 2.20. The van der Waals surface area contributed by atoms with Crippen molar-refractivity contribution in [3.63, 3.8) is 0 Å². The second kappa shape index (κ2) is 49.8. The average Bonchev–Trinajstić information content (AvgIpc) is 3.84. The molecule has 2 heterocycles. The molecule has 10 heteroatoms. The number of amides is 4. The molecule has 0 bridgehead atoms. The van der Waals surface area contributed by atoms with Crippen molar-refractivity contribution < 1.29 is 38.4 Å². The Hall–Kier alpha value is -2.78. The van der Waals surface area contributed by atoms with Gasteiger partial charge in [-0.1, -0.05) is 296 Å². The third-order valence-electron chi connectivity index (χ3n) is 14.4. The predicted octanol–water partition coefficient (Wildman–Crippen LogP) is 18.0. The molecule has 10 nitrogen and oxygen atoms in total. The summed E-state index contributed by atoms with van der Waals surface area (Å²) >= 11 is 0. The smallest absolute Gasteiger partial charge is 0.330 e. The average molecular weight is 988 g/mol. The van der Waals surface area contributed by atoms with Gasteiger partial charge in [0, 0.05) is 38.5 Å². The van der Waals surface area contributed by atoms with Crippen LogP contribution < -0.4 is 0 Å². The second-order valence-electron chi connectivity index (χ2n) is 21.1. The molecular formula is C60H110N2O8. The summed E-state index contributed by atoms with van der Waals surface area (Å²) < 4.78 is 0. The lowest BCUT2D eigenvalue weighted by Gasteiger charge is -2.12. The molecule has 0 saturated carbocycles. The van der Waals surface area contributed by atoms with E-state index < -0.39 is 35.6 Å². The van der Waals surface area contributed by atoms with Gasteiger partial charge in [-0.3, -0.25) is 19.2 Å². The summed E-state index contributed by atoms with van der Waals surface area (Å²) in [5.41, 5.74) is 0. The summed E-state index contributed by atoms with van der Waals surface area (Å²) in [7, 11) is 0. The molecule has 2 saturated heterocycles. The van der Waals surface area contributed by atoms with Crippen LogP contribution in [0.15, 0.2) is 0 Å². The SMILES string of the molecule is CCCCCCCCCCCCCCCCCCCCCCCCCC(=O)ON1C(=O)CCC1=O.CCCCCCCCCCCCCCCCCCCCCCCCCC(=O)ON1C(=O)CCC1=O. The van der Waals surface area contributed by atoms with Gasteiger partial charge in [0.15, 0.2) is 0 Å². The normalized spacial score (nSPS) is 13.7. The van der Waals surface area contributed by atoms with Gasteiger partial charge in [0.05, 0.1) is 0 Å². The Morgan fingerprint density at radius 1 is 0.271 bits per heavy atom. The highest BCUT2D eigenvalue weighted by Gasteiger charge is 2.33. The van der Waals surface area contributed by atoms with E-state index in [9.17, 15) is 28.8 Å². The van der Waals surface area contributed by atoms with Crippen LogP contribution in [0, 0.1) is 0 Å². The fourth-order valence-corrected chi connectivity index (χ4v) is 9.72. The number of imide groups is 2. The summed E-state index contributed by atoms with van der Waals surface area (Å²) in [5.74, 6) is -2.59. The molecule has 408 valence electrons. The van der Waals surface area contributed by atoms with Crippen LogP contribution in [-0.2, 0) is 38.4 Å². The molecule has 0 radical (unpaired) electrons. The van der Waals surface area contributed by atoms with Crippen molar-refractivity contribution in [2.24, 2.45) is 0 Å². The van der Waals surface area contributed by atoms with Gasteiger partial charge in [-0.2, -0.15) is 0 Å². The molecule has 2 fully saturated rings. The van der Waals surface area contributed by atoms with E-state index in [-0.39, 0.29) is 38.5 Å². The van der Waals surface area contributed by atoms with Crippen molar-refractivity contribution in [1.82, 2.24) is 10.1 Å². The molecule has 0 N–H and O–H groups in total. The Kier molecular flexibility index (Phi) is 46.4. The van der Waals surface area contributed by atoms with Gasteiger partial charge in [-0.25, -0.2) is 9.59 Å². The molecule has 2 aliphatic rings. The zero-order chi connectivity index (χ0) is 50.8. The zero-order valence-corrected chi connectivity index (χ0v) is 45.9. The monoisotopic (exact) mass is 987 g/mol. The minimum absolute atomic E-state index is 0.144. The molecule has 0 unspecified atom stereocenters. The molecule has 0 atom stereocenters. The maximum atomic E-state index is 11.7. The number of hydroxylamine groups is 4. The maximum absolute atomic E-state index is 11.7. The Morgan fingerprint density at radius 2 is 0.414 bits per heavy atom. The number of hydrogen-bond donors (Lipinski definition) is 0. The summed E-state index contributed by atoms with van der Waals surface area (Å²) in [6, 6.07) is 0. The van der Waals surface area contributed by atoms with E-state index in [2.05, 4.69) is 13.8 Å². The minimum atomic E-state index is -0.475. The molecular weight excluding hydrogens is 877 g/mol. The number of rotatable bonds is 50. The standard InChI is InChI=1S/2C30H55NO4/c2*1-2-3-4-5-6-7-8-9-10-11-12-13-14-15-16-17-18-19-20-21-22-23-24-25-30(34)35-31-28(32)26-27-29(31)33/h2*2-27H2,1H3. The first kappa shape index (κ1) is 65.2. The van der Waals surface area contributed by atoms with Gasteiger partial charge in [0.1, 0.15) is 0 Å². The molecule has 2 rings (SSSR count). The van der Waals surface area contributed by atoms with Gasteiger partial charge in [-0.15, -0.1) is 10.1 Å². The van der Waals surface area contributed by atoms with Crippen molar-refractivity contribution in [3.05, 3.63) is 0 Å². The third kappa shape index (κ3) is 40.8. The fourth-order valence-electron chi connectivity index (χ4n) is 9.72. The minimum Gasteiger partial charge on any atom is -0.330 e. The first-order chi connectivity index (χ1) is 34.3. The molecule has 0 aromatic carbocycles. The van der Waals surface area contributed by atoms with E-state index >= 15 is 0 Å². The zero-order valence-electron chi connectivity index (χ0n) is 45.9. The van der Waals surface area contributed by atoms with E-state index in [1.165, 1.54) is 257 Å². The van der Waals surface area contributed by atoms with E-state index in [1.807, 2.05) is 0 Å².